The van der Waals surface area contributed by atoms with E-state index in [9.17, 15) is 27.6 Å². The molecule has 0 bridgehead atoms. The molecule has 5 rings (SSSR count). The molecule has 0 radical (unpaired) electrons. The number of H-pyrrole nitrogens is 1. The van der Waals surface area contributed by atoms with Gasteiger partial charge in [-0.3, -0.25) is 14.7 Å². The molecule has 1 fully saturated rings. The van der Waals surface area contributed by atoms with Crippen molar-refractivity contribution in [1.29, 1.82) is 0 Å². The van der Waals surface area contributed by atoms with Gasteiger partial charge in [0.15, 0.2) is 10.8 Å². The first-order valence-corrected chi connectivity index (χ1v) is 13.3. The zero-order valence-electron chi connectivity index (χ0n) is 21.6. The topological polar surface area (TPSA) is 133 Å². The number of nitrogens with zero attached hydrogens (tertiary/aromatic N) is 4. The normalized spacial score (nSPS) is 15.0. The lowest BCUT2D eigenvalue weighted by atomic mass is 10.1. The van der Waals surface area contributed by atoms with Crippen molar-refractivity contribution in [3.8, 4) is 0 Å². The standard InChI is InChI=1S/C26H24F3N7O4S/c1-35-9-11-36(12-10-35)17-5-2-15(3-6-17)21(37)31-20-18-14-16(4-7-19(18)33-34-20)22(38)32-23(24-30-8-13-41-24)40-25(39)26(27,28)29/h2-8,13-14,23H,9-12H2,1H3,(H,32,38)(H2,31,33,34,37). The van der Waals surface area contributed by atoms with E-state index < -0.39 is 30.2 Å². The molecule has 1 atom stereocenters. The van der Waals surface area contributed by atoms with Crippen molar-refractivity contribution in [2.24, 2.45) is 0 Å². The summed E-state index contributed by atoms with van der Waals surface area (Å²) >= 11 is 0.903. The average molecular weight is 588 g/mol. The van der Waals surface area contributed by atoms with Crippen LogP contribution in [-0.4, -0.2) is 77.3 Å². The van der Waals surface area contributed by atoms with Crippen molar-refractivity contribution in [2.75, 3.05) is 43.4 Å². The van der Waals surface area contributed by atoms with Crippen molar-refractivity contribution in [2.45, 2.75) is 12.4 Å². The summed E-state index contributed by atoms with van der Waals surface area (Å²) in [6.07, 6.45) is -5.72. The molecule has 11 nitrogen and oxygen atoms in total. The van der Waals surface area contributed by atoms with Crippen molar-refractivity contribution < 1.29 is 32.3 Å². The second-order valence-electron chi connectivity index (χ2n) is 9.25. The molecule has 4 aromatic rings. The van der Waals surface area contributed by atoms with E-state index in [4.69, 9.17) is 0 Å². The van der Waals surface area contributed by atoms with Gasteiger partial charge in [-0.1, -0.05) is 0 Å². The number of carbonyl (C=O) groups is 3. The summed E-state index contributed by atoms with van der Waals surface area (Å²) in [5.74, 6) is -3.56. The fourth-order valence-corrected chi connectivity index (χ4v) is 4.81. The Morgan fingerprint density at radius 3 is 2.39 bits per heavy atom. The minimum Gasteiger partial charge on any atom is -0.428 e. The number of alkyl halides is 3. The Hall–Kier alpha value is -4.50. The van der Waals surface area contributed by atoms with Gasteiger partial charge in [0.2, 0.25) is 6.23 Å². The second kappa shape index (κ2) is 11.5. The lowest BCUT2D eigenvalue weighted by molar-refractivity contribution is -0.206. The Labute approximate surface area is 235 Å². The molecule has 1 saturated heterocycles. The van der Waals surface area contributed by atoms with Crippen LogP contribution in [0.25, 0.3) is 10.9 Å². The van der Waals surface area contributed by atoms with Crippen molar-refractivity contribution in [3.05, 3.63) is 70.2 Å². The first-order valence-electron chi connectivity index (χ1n) is 12.4. The number of fused-ring (bicyclic) bond motifs is 1. The molecule has 3 N–H and O–H groups in total. The number of benzene rings is 2. The van der Waals surface area contributed by atoms with Gasteiger partial charge in [0.25, 0.3) is 11.8 Å². The highest BCUT2D eigenvalue weighted by Gasteiger charge is 2.43. The number of hydrogen-bond donors (Lipinski definition) is 3. The van der Waals surface area contributed by atoms with Gasteiger partial charge in [-0.25, -0.2) is 9.78 Å². The van der Waals surface area contributed by atoms with E-state index >= 15 is 0 Å². The predicted molar refractivity (Wildman–Crippen MR) is 145 cm³/mol. The number of aromatic amines is 1. The molecular formula is C26H24F3N7O4S. The summed E-state index contributed by atoms with van der Waals surface area (Å²) in [5, 5.41) is 13.7. The molecule has 2 amide bonds. The number of amides is 2. The van der Waals surface area contributed by atoms with Crippen LogP contribution >= 0.6 is 11.3 Å². The Morgan fingerprint density at radius 2 is 1.73 bits per heavy atom. The maximum absolute atomic E-state index is 13.0. The SMILES string of the molecule is CN1CCN(c2ccc(C(=O)Nc3n[nH]c4ccc(C(=O)NC(OC(=O)C(F)(F)F)c5nccs5)cc34)cc2)CC1. The van der Waals surface area contributed by atoms with Crippen LogP contribution in [0.15, 0.2) is 54.0 Å². The lowest BCUT2D eigenvalue weighted by Crippen LogP contribution is -2.44. The van der Waals surface area contributed by atoms with Gasteiger partial charge in [-0.05, 0) is 49.5 Å². The zero-order valence-corrected chi connectivity index (χ0v) is 22.4. The molecule has 1 aliphatic rings. The maximum atomic E-state index is 13.0. The summed E-state index contributed by atoms with van der Waals surface area (Å²) < 4.78 is 42.8. The van der Waals surface area contributed by atoms with E-state index in [0.29, 0.717) is 16.5 Å². The largest absolute Gasteiger partial charge is 0.491 e. The van der Waals surface area contributed by atoms with E-state index in [1.165, 1.54) is 29.8 Å². The Kier molecular flexibility index (Phi) is 7.90. The highest BCUT2D eigenvalue weighted by Crippen LogP contribution is 2.26. The molecule has 1 aliphatic heterocycles. The maximum Gasteiger partial charge on any atom is 0.491 e. The van der Waals surface area contributed by atoms with Crippen LogP contribution in [0.4, 0.5) is 24.7 Å². The summed E-state index contributed by atoms with van der Waals surface area (Å²) in [5.41, 5.74) is 1.95. The summed E-state index contributed by atoms with van der Waals surface area (Å²) in [6.45, 7) is 3.71. The number of esters is 1. The molecule has 2 aromatic heterocycles. The van der Waals surface area contributed by atoms with Crippen LogP contribution in [0.1, 0.15) is 32.0 Å². The number of piperazine rings is 1. The smallest absolute Gasteiger partial charge is 0.428 e. The summed E-state index contributed by atoms with van der Waals surface area (Å²) in [7, 11) is 2.08. The third kappa shape index (κ3) is 6.47. The van der Waals surface area contributed by atoms with Gasteiger partial charge in [0, 0.05) is 60.0 Å². The van der Waals surface area contributed by atoms with Crippen molar-refractivity contribution in [1.82, 2.24) is 25.4 Å². The van der Waals surface area contributed by atoms with Crippen molar-refractivity contribution >= 4 is 51.5 Å². The molecule has 2 aromatic carbocycles. The molecule has 41 heavy (non-hydrogen) atoms. The number of aromatic nitrogens is 3. The quantitative estimate of drug-likeness (QED) is 0.221. The van der Waals surface area contributed by atoms with Crippen LogP contribution in [0.3, 0.4) is 0 Å². The van der Waals surface area contributed by atoms with Crippen molar-refractivity contribution in [3.63, 3.8) is 0 Å². The van der Waals surface area contributed by atoms with E-state index in [-0.39, 0.29) is 16.4 Å². The molecule has 214 valence electrons. The Balaban J connectivity index is 1.30. The minimum atomic E-state index is -5.26. The fourth-order valence-electron chi connectivity index (χ4n) is 4.20. The molecule has 0 aliphatic carbocycles. The molecule has 0 spiro atoms. The van der Waals surface area contributed by atoms with Crippen LogP contribution in [0.2, 0.25) is 0 Å². The van der Waals surface area contributed by atoms with Gasteiger partial charge in [0.05, 0.1) is 5.52 Å². The Bertz CT molecular complexity index is 1550. The molecule has 3 heterocycles. The van der Waals surface area contributed by atoms with Crippen LogP contribution in [0.5, 0.6) is 0 Å². The number of halogens is 3. The van der Waals surface area contributed by atoms with Crippen LogP contribution in [-0.2, 0) is 9.53 Å². The van der Waals surface area contributed by atoms with Crippen LogP contribution < -0.4 is 15.5 Å². The number of carbonyl (C=O) groups excluding carboxylic acids is 3. The molecular weight excluding hydrogens is 563 g/mol. The number of hydrogen-bond acceptors (Lipinski definition) is 9. The van der Waals surface area contributed by atoms with E-state index in [0.717, 1.165) is 43.2 Å². The third-order valence-electron chi connectivity index (χ3n) is 6.45. The van der Waals surface area contributed by atoms with Gasteiger partial charge in [-0.15, -0.1) is 11.3 Å². The highest BCUT2D eigenvalue weighted by molar-refractivity contribution is 7.09. The van der Waals surface area contributed by atoms with Gasteiger partial charge in [0.1, 0.15) is 0 Å². The first-order chi connectivity index (χ1) is 19.6. The minimum absolute atomic E-state index is 0.0237. The van der Waals surface area contributed by atoms with Gasteiger partial charge >= 0.3 is 12.1 Å². The monoisotopic (exact) mass is 587 g/mol. The van der Waals surface area contributed by atoms with Crippen LogP contribution in [0, 0.1) is 0 Å². The molecule has 15 heteroatoms. The summed E-state index contributed by atoms with van der Waals surface area (Å²) in [6, 6.07) is 11.5. The predicted octanol–water partition coefficient (Wildman–Crippen LogP) is 3.56. The first kappa shape index (κ1) is 28.0. The van der Waals surface area contributed by atoms with Gasteiger partial charge < -0.3 is 25.2 Å². The fraction of sp³-hybridized carbons (Fsp3) is 0.269. The van der Waals surface area contributed by atoms with Gasteiger partial charge in [-0.2, -0.15) is 18.3 Å². The number of nitrogens with one attached hydrogen (secondary N) is 3. The van der Waals surface area contributed by atoms with E-state index in [1.54, 1.807) is 12.1 Å². The Morgan fingerprint density at radius 1 is 1.02 bits per heavy atom. The highest BCUT2D eigenvalue weighted by atomic mass is 32.1. The number of likely N-dealkylation sites (N-methyl/N-ethyl adjacent to an activating group) is 1. The number of ether oxygens (including phenoxy) is 1. The number of anilines is 2. The number of rotatable bonds is 7. The van der Waals surface area contributed by atoms with E-state index in [1.807, 2.05) is 12.1 Å². The average Bonchev–Trinajstić information content (AvgIpc) is 3.63. The summed E-state index contributed by atoms with van der Waals surface area (Å²) in [4.78, 5) is 45.7. The zero-order chi connectivity index (χ0) is 29.1. The third-order valence-corrected chi connectivity index (χ3v) is 7.27. The number of thiazole rings is 1. The van der Waals surface area contributed by atoms with E-state index in [2.05, 4.69) is 47.4 Å². The second-order valence-corrected chi connectivity index (χ2v) is 10.2. The molecule has 0 saturated carbocycles. The lowest BCUT2D eigenvalue weighted by Gasteiger charge is -2.34. The molecule has 1 unspecified atom stereocenters.